The largest absolute Gasteiger partial charge is 0.394 e. The number of carbonyl (C=O) groups excluding carboxylic acids is 1. The molecule has 1 amide bonds. The topological polar surface area (TPSA) is 81.6 Å². The van der Waals surface area contributed by atoms with Crippen molar-refractivity contribution in [3.8, 4) is 0 Å². The third-order valence-electron chi connectivity index (χ3n) is 3.66. The number of hydrogen-bond acceptors (Lipinski definition) is 7. The Labute approximate surface area is 141 Å². The van der Waals surface area contributed by atoms with E-state index in [0.717, 1.165) is 37.7 Å². The van der Waals surface area contributed by atoms with Gasteiger partial charge in [0.25, 0.3) is 0 Å². The summed E-state index contributed by atoms with van der Waals surface area (Å²) in [6, 6.07) is 1.76. The second-order valence-corrected chi connectivity index (χ2v) is 6.82. The summed E-state index contributed by atoms with van der Waals surface area (Å²) in [6.07, 6.45) is 0. The molecule has 2 N–H and O–H groups in total. The van der Waals surface area contributed by atoms with Crippen LogP contribution in [0.5, 0.6) is 0 Å². The molecule has 1 fully saturated rings. The van der Waals surface area contributed by atoms with Crippen LogP contribution in [-0.2, 0) is 4.79 Å². The number of nitrogens with zero attached hydrogens (tertiary/aromatic N) is 4. The van der Waals surface area contributed by atoms with Gasteiger partial charge in [0.2, 0.25) is 5.91 Å². The summed E-state index contributed by atoms with van der Waals surface area (Å²) in [5.41, 5.74) is 0.903. The average Bonchev–Trinajstić information content (AvgIpc) is 2.53. The molecule has 23 heavy (non-hydrogen) atoms. The number of aliphatic hydroxyl groups excluding tert-OH is 1. The van der Waals surface area contributed by atoms with Gasteiger partial charge in [0.05, 0.1) is 12.4 Å². The van der Waals surface area contributed by atoms with Crippen molar-refractivity contribution in [2.24, 2.45) is 0 Å². The van der Waals surface area contributed by atoms with Crippen LogP contribution in [-0.4, -0.2) is 77.5 Å². The van der Waals surface area contributed by atoms with Gasteiger partial charge in [-0.3, -0.25) is 4.79 Å². The lowest BCUT2D eigenvalue weighted by Crippen LogP contribution is -2.44. The Morgan fingerprint density at radius 1 is 1.39 bits per heavy atom. The molecular weight excluding hydrogens is 314 g/mol. The molecule has 0 spiro atoms. The van der Waals surface area contributed by atoms with E-state index in [9.17, 15) is 4.79 Å². The van der Waals surface area contributed by atoms with Crippen molar-refractivity contribution in [2.45, 2.75) is 25.0 Å². The number of carbonyl (C=O) groups is 1. The standard InChI is InChI=1S/C15H25N5O2S/c1-11-8-13(20-6-4-19(3)5-7-20)18-15(17-11)23-10-14(22)16-12(2)9-21/h8,12,21H,4-7,9-10H2,1-3H3,(H,16,22). The number of aliphatic hydroxyl groups is 1. The first-order valence-corrected chi connectivity index (χ1v) is 8.78. The van der Waals surface area contributed by atoms with Crippen molar-refractivity contribution in [3.05, 3.63) is 11.8 Å². The number of likely N-dealkylation sites (N-methyl/N-ethyl adjacent to an activating group) is 1. The number of nitrogens with one attached hydrogen (secondary N) is 1. The van der Waals surface area contributed by atoms with Gasteiger partial charge in [-0.25, -0.2) is 9.97 Å². The molecule has 1 aliphatic heterocycles. The summed E-state index contributed by atoms with van der Waals surface area (Å²) in [6.45, 7) is 7.58. The molecule has 0 radical (unpaired) electrons. The molecule has 1 saturated heterocycles. The fraction of sp³-hybridized carbons (Fsp3) is 0.667. The first-order chi connectivity index (χ1) is 11.0. The zero-order valence-electron chi connectivity index (χ0n) is 13.9. The maximum Gasteiger partial charge on any atom is 0.230 e. The van der Waals surface area contributed by atoms with Crippen molar-refractivity contribution in [1.82, 2.24) is 20.2 Å². The predicted molar refractivity (Wildman–Crippen MR) is 91.9 cm³/mol. The molecule has 0 aliphatic carbocycles. The van der Waals surface area contributed by atoms with Gasteiger partial charge in [0.1, 0.15) is 5.82 Å². The number of piperazine rings is 1. The van der Waals surface area contributed by atoms with Gasteiger partial charge >= 0.3 is 0 Å². The molecular formula is C15H25N5O2S. The first-order valence-electron chi connectivity index (χ1n) is 7.80. The highest BCUT2D eigenvalue weighted by atomic mass is 32.2. The molecule has 1 aliphatic rings. The molecule has 128 valence electrons. The number of hydrogen-bond donors (Lipinski definition) is 2. The Balaban J connectivity index is 1.96. The quantitative estimate of drug-likeness (QED) is 0.563. The second-order valence-electron chi connectivity index (χ2n) is 5.88. The molecule has 2 heterocycles. The molecule has 1 unspecified atom stereocenters. The smallest absolute Gasteiger partial charge is 0.230 e. The number of thioether (sulfide) groups is 1. The van der Waals surface area contributed by atoms with E-state index in [1.54, 1.807) is 6.92 Å². The van der Waals surface area contributed by atoms with Gasteiger partial charge in [0, 0.05) is 44.0 Å². The van der Waals surface area contributed by atoms with Crippen LogP contribution in [0, 0.1) is 6.92 Å². The highest BCUT2D eigenvalue weighted by molar-refractivity contribution is 7.99. The Hall–Kier alpha value is -1.38. The van der Waals surface area contributed by atoms with E-state index < -0.39 is 0 Å². The first kappa shape index (κ1) is 18.0. The van der Waals surface area contributed by atoms with Crippen molar-refractivity contribution >= 4 is 23.5 Å². The Bertz CT molecular complexity index is 535. The van der Waals surface area contributed by atoms with Gasteiger partial charge < -0.3 is 20.2 Å². The summed E-state index contributed by atoms with van der Waals surface area (Å²) in [4.78, 5) is 25.3. The zero-order valence-corrected chi connectivity index (χ0v) is 14.8. The third kappa shape index (κ3) is 5.63. The highest BCUT2D eigenvalue weighted by Crippen LogP contribution is 2.20. The lowest BCUT2D eigenvalue weighted by atomic mass is 10.3. The third-order valence-corrected chi connectivity index (χ3v) is 4.51. The molecule has 1 aromatic rings. The van der Waals surface area contributed by atoms with Crippen LogP contribution < -0.4 is 10.2 Å². The van der Waals surface area contributed by atoms with Gasteiger partial charge in [-0.15, -0.1) is 0 Å². The van der Waals surface area contributed by atoms with E-state index in [-0.39, 0.29) is 24.3 Å². The lowest BCUT2D eigenvalue weighted by Gasteiger charge is -2.33. The van der Waals surface area contributed by atoms with E-state index in [4.69, 9.17) is 5.11 Å². The van der Waals surface area contributed by atoms with Crippen molar-refractivity contribution in [2.75, 3.05) is 50.5 Å². The zero-order chi connectivity index (χ0) is 16.8. The maximum atomic E-state index is 11.8. The molecule has 7 nitrogen and oxygen atoms in total. The van der Waals surface area contributed by atoms with E-state index >= 15 is 0 Å². The van der Waals surface area contributed by atoms with Crippen LogP contribution in [0.1, 0.15) is 12.6 Å². The van der Waals surface area contributed by atoms with Crippen LogP contribution in [0.4, 0.5) is 5.82 Å². The van der Waals surface area contributed by atoms with Gasteiger partial charge in [-0.05, 0) is 20.9 Å². The van der Waals surface area contributed by atoms with Crippen LogP contribution in [0.2, 0.25) is 0 Å². The molecule has 2 rings (SSSR count). The Morgan fingerprint density at radius 2 is 2.09 bits per heavy atom. The van der Waals surface area contributed by atoms with Crippen LogP contribution in [0.3, 0.4) is 0 Å². The highest BCUT2D eigenvalue weighted by Gasteiger charge is 2.17. The number of amides is 1. The second kappa shape index (κ2) is 8.47. The fourth-order valence-corrected chi connectivity index (χ4v) is 2.99. The summed E-state index contributed by atoms with van der Waals surface area (Å²) in [7, 11) is 2.12. The average molecular weight is 339 g/mol. The Morgan fingerprint density at radius 3 is 2.74 bits per heavy atom. The van der Waals surface area contributed by atoms with Crippen LogP contribution in [0.15, 0.2) is 11.2 Å². The fourth-order valence-electron chi connectivity index (χ4n) is 2.28. The molecule has 1 aromatic heterocycles. The Kier molecular flexibility index (Phi) is 6.61. The summed E-state index contributed by atoms with van der Waals surface area (Å²) in [5, 5.41) is 12.3. The van der Waals surface area contributed by atoms with Gasteiger partial charge in [-0.2, -0.15) is 0 Å². The SMILES string of the molecule is Cc1cc(N2CCN(C)CC2)nc(SCC(=O)NC(C)CO)n1. The molecule has 0 aromatic carbocycles. The minimum Gasteiger partial charge on any atom is -0.394 e. The van der Waals surface area contributed by atoms with E-state index in [2.05, 4.69) is 32.1 Å². The van der Waals surface area contributed by atoms with E-state index in [1.165, 1.54) is 11.8 Å². The van der Waals surface area contributed by atoms with Crippen molar-refractivity contribution in [1.29, 1.82) is 0 Å². The van der Waals surface area contributed by atoms with Gasteiger partial charge in [-0.1, -0.05) is 11.8 Å². The molecule has 0 saturated carbocycles. The normalized spacial score (nSPS) is 17.1. The summed E-state index contributed by atoms with van der Waals surface area (Å²) in [5.74, 6) is 1.05. The number of aryl methyl sites for hydroxylation is 1. The van der Waals surface area contributed by atoms with E-state index in [0.29, 0.717) is 5.16 Å². The van der Waals surface area contributed by atoms with E-state index in [1.807, 2.05) is 13.0 Å². The number of aromatic nitrogens is 2. The number of rotatable bonds is 6. The lowest BCUT2D eigenvalue weighted by molar-refractivity contribution is -0.119. The minimum atomic E-state index is -0.234. The predicted octanol–water partition coefficient (Wildman–Crippen LogP) is 0.126. The summed E-state index contributed by atoms with van der Waals surface area (Å²) < 4.78 is 0. The molecule has 0 bridgehead atoms. The minimum absolute atomic E-state index is 0.0646. The number of anilines is 1. The maximum absolute atomic E-state index is 11.8. The van der Waals surface area contributed by atoms with Crippen molar-refractivity contribution in [3.63, 3.8) is 0 Å². The monoisotopic (exact) mass is 339 g/mol. The van der Waals surface area contributed by atoms with Crippen LogP contribution in [0.25, 0.3) is 0 Å². The summed E-state index contributed by atoms with van der Waals surface area (Å²) >= 11 is 1.32. The molecule has 1 atom stereocenters. The van der Waals surface area contributed by atoms with Crippen LogP contribution >= 0.6 is 11.8 Å². The van der Waals surface area contributed by atoms with Gasteiger partial charge in [0.15, 0.2) is 5.16 Å². The molecule has 8 heteroatoms. The van der Waals surface area contributed by atoms with Crippen molar-refractivity contribution < 1.29 is 9.90 Å².